The summed E-state index contributed by atoms with van der Waals surface area (Å²) in [6.07, 6.45) is 3.80. The van der Waals surface area contributed by atoms with Crippen molar-refractivity contribution in [2.75, 3.05) is 0 Å². The molecule has 2 N–H and O–H groups in total. The van der Waals surface area contributed by atoms with Gasteiger partial charge in [-0.05, 0) is 47.3 Å². The minimum Gasteiger partial charge on any atom is -0.324 e. The molecule has 0 saturated carbocycles. The molecule has 2 aliphatic rings. The third kappa shape index (κ3) is 1.49. The van der Waals surface area contributed by atoms with Crippen LogP contribution in [0.3, 0.4) is 0 Å². The highest BCUT2D eigenvalue weighted by atomic mass is 35.5. The molecule has 1 aromatic carbocycles. The molecule has 16 heavy (non-hydrogen) atoms. The van der Waals surface area contributed by atoms with Gasteiger partial charge in [0.2, 0.25) is 0 Å². The van der Waals surface area contributed by atoms with Crippen LogP contribution in [0.25, 0.3) is 0 Å². The van der Waals surface area contributed by atoms with E-state index in [1.165, 1.54) is 24.8 Å². The molecule has 0 heterocycles. The van der Waals surface area contributed by atoms with Crippen LogP contribution >= 0.6 is 12.4 Å². The van der Waals surface area contributed by atoms with Crippen molar-refractivity contribution in [3.63, 3.8) is 0 Å². The highest BCUT2D eigenvalue weighted by molar-refractivity contribution is 5.85. The molecular weight excluding hydrogens is 218 g/mol. The Morgan fingerprint density at radius 3 is 2.81 bits per heavy atom. The predicted octanol–water partition coefficient (Wildman–Crippen LogP) is 3.67. The monoisotopic (exact) mass is 237 g/mol. The highest BCUT2D eigenvalue weighted by Gasteiger charge is 2.39. The lowest BCUT2D eigenvalue weighted by Gasteiger charge is -2.35. The van der Waals surface area contributed by atoms with Crippen molar-refractivity contribution in [1.82, 2.24) is 0 Å². The van der Waals surface area contributed by atoms with E-state index in [1.807, 2.05) is 0 Å². The van der Waals surface area contributed by atoms with E-state index in [9.17, 15) is 0 Å². The average Bonchev–Trinajstić information content (AvgIpc) is 2.52. The normalized spacial score (nSPS) is 29.4. The van der Waals surface area contributed by atoms with E-state index in [-0.39, 0.29) is 12.4 Å². The van der Waals surface area contributed by atoms with Gasteiger partial charge < -0.3 is 5.73 Å². The van der Waals surface area contributed by atoms with Crippen LogP contribution in [0.1, 0.15) is 61.8 Å². The first-order valence-corrected chi connectivity index (χ1v) is 5.98. The number of hydrogen-bond acceptors (Lipinski definition) is 1. The van der Waals surface area contributed by atoms with E-state index in [1.54, 1.807) is 11.1 Å². The summed E-state index contributed by atoms with van der Waals surface area (Å²) in [6.45, 7) is 4.73. The second-order valence-corrected chi connectivity index (χ2v) is 5.77. The average molecular weight is 238 g/mol. The molecule has 1 aromatic rings. The molecule has 3 rings (SSSR count). The Hall–Kier alpha value is -0.530. The second kappa shape index (κ2) is 3.75. The molecule has 0 radical (unpaired) electrons. The topological polar surface area (TPSA) is 26.0 Å². The predicted molar refractivity (Wildman–Crippen MR) is 70.2 cm³/mol. The summed E-state index contributed by atoms with van der Waals surface area (Å²) >= 11 is 0. The van der Waals surface area contributed by atoms with E-state index >= 15 is 0 Å². The second-order valence-electron chi connectivity index (χ2n) is 5.77. The first kappa shape index (κ1) is 11.9. The van der Waals surface area contributed by atoms with Gasteiger partial charge in [0.15, 0.2) is 0 Å². The molecule has 0 unspecified atom stereocenters. The number of benzene rings is 1. The molecule has 0 fully saturated rings. The Kier molecular flexibility index (Phi) is 2.80. The first-order chi connectivity index (χ1) is 7.09. The van der Waals surface area contributed by atoms with Gasteiger partial charge in [0.25, 0.3) is 0 Å². The fourth-order valence-corrected chi connectivity index (χ4v) is 3.44. The van der Waals surface area contributed by atoms with E-state index in [0.717, 1.165) is 5.92 Å². The number of hydrogen-bond donors (Lipinski definition) is 1. The summed E-state index contributed by atoms with van der Waals surface area (Å²) in [7, 11) is 0. The molecule has 2 heteroatoms. The van der Waals surface area contributed by atoms with Crippen LogP contribution < -0.4 is 5.73 Å². The van der Waals surface area contributed by atoms with Gasteiger partial charge in [-0.3, -0.25) is 0 Å². The van der Waals surface area contributed by atoms with Crippen molar-refractivity contribution in [1.29, 1.82) is 0 Å². The Morgan fingerprint density at radius 2 is 2.06 bits per heavy atom. The van der Waals surface area contributed by atoms with Crippen LogP contribution in [0, 0.1) is 0 Å². The van der Waals surface area contributed by atoms with Crippen molar-refractivity contribution in [3.8, 4) is 0 Å². The van der Waals surface area contributed by atoms with Gasteiger partial charge in [-0.15, -0.1) is 12.4 Å². The Bertz CT molecular complexity index is 411. The minimum atomic E-state index is 0. The third-order valence-corrected chi connectivity index (χ3v) is 4.33. The summed E-state index contributed by atoms with van der Waals surface area (Å²) in [6, 6.07) is 7.01. The van der Waals surface area contributed by atoms with Crippen molar-refractivity contribution >= 4 is 12.4 Å². The largest absolute Gasteiger partial charge is 0.324 e. The molecule has 0 bridgehead atoms. The summed E-state index contributed by atoms with van der Waals surface area (Å²) in [5.41, 5.74) is 11.1. The first-order valence-electron chi connectivity index (χ1n) is 5.98. The highest BCUT2D eigenvalue weighted by Crippen LogP contribution is 2.51. The van der Waals surface area contributed by atoms with E-state index < -0.39 is 0 Å². The quantitative estimate of drug-likeness (QED) is 0.732. The van der Waals surface area contributed by atoms with Gasteiger partial charge in [0.05, 0.1) is 0 Å². The molecule has 1 nitrogen and oxygen atoms in total. The Labute approximate surface area is 104 Å². The Morgan fingerprint density at radius 1 is 1.31 bits per heavy atom. The SMILES string of the molecule is CC1(C)CC[C@@H]2C[C@H](N)c3cccc1c32.Cl. The lowest BCUT2D eigenvalue weighted by atomic mass is 9.69. The zero-order valence-electron chi connectivity index (χ0n) is 9.99. The molecule has 88 valence electrons. The summed E-state index contributed by atoms with van der Waals surface area (Å²) in [5.74, 6) is 0.749. The molecule has 0 saturated heterocycles. The van der Waals surface area contributed by atoms with Crippen molar-refractivity contribution in [2.24, 2.45) is 5.73 Å². The number of halogens is 1. The maximum absolute atomic E-state index is 6.20. The van der Waals surface area contributed by atoms with Gasteiger partial charge >= 0.3 is 0 Å². The van der Waals surface area contributed by atoms with Crippen molar-refractivity contribution in [2.45, 2.75) is 50.5 Å². The van der Waals surface area contributed by atoms with Crippen molar-refractivity contribution in [3.05, 3.63) is 34.9 Å². The van der Waals surface area contributed by atoms with Gasteiger partial charge in [-0.25, -0.2) is 0 Å². The van der Waals surface area contributed by atoms with Crippen LogP contribution in [0.15, 0.2) is 18.2 Å². The van der Waals surface area contributed by atoms with Crippen LogP contribution in [0.2, 0.25) is 0 Å². The summed E-state index contributed by atoms with van der Waals surface area (Å²) < 4.78 is 0. The van der Waals surface area contributed by atoms with E-state index in [0.29, 0.717) is 11.5 Å². The summed E-state index contributed by atoms with van der Waals surface area (Å²) in [4.78, 5) is 0. The van der Waals surface area contributed by atoms with E-state index in [2.05, 4.69) is 32.0 Å². The number of nitrogens with two attached hydrogens (primary N) is 1. The molecule has 0 amide bonds. The maximum Gasteiger partial charge on any atom is 0.0303 e. The molecule has 0 aromatic heterocycles. The van der Waals surface area contributed by atoms with Gasteiger partial charge in [-0.1, -0.05) is 32.0 Å². The number of rotatable bonds is 0. The van der Waals surface area contributed by atoms with E-state index in [4.69, 9.17) is 5.73 Å². The minimum absolute atomic E-state index is 0. The molecular formula is C14H20ClN. The van der Waals surface area contributed by atoms with Crippen LogP contribution in [-0.2, 0) is 5.41 Å². The molecule has 2 atom stereocenters. The lowest BCUT2D eigenvalue weighted by molar-refractivity contribution is 0.389. The van der Waals surface area contributed by atoms with Crippen LogP contribution in [-0.4, -0.2) is 0 Å². The standard InChI is InChI=1S/C14H19N.ClH/c1-14(2)7-6-9-8-12(15)10-4-3-5-11(14)13(9)10;/h3-5,9,12H,6-8,15H2,1-2H3;1H/t9-,12+;/m1./s1. The smallest absolute Gasteiger partial charge is 0.0303 e. The molecule has 0 aliphatic heterocycles. The van der Waals surface area contributed by atoms with Gasteiger partial charge in [0.1, 0.15) is 0 Å². The zero-order chi connectivity index (χ0) is 10.6. The lowest BCUT2D eigenvalue weighted by Crippen LogP contribution is -2.25. The fraction of sp³-hybridized carbons (Fsp3) is 0.571. The Balaban J connectivity index is 0.000000963. The van der Waals surface area contributed by atoms with Gasteiger partial charge in [0, 0.05) is 6.04 Å². The van der Waals surface area contributed by atoms with Crippen molar-refractivity contribution < 1.29 is 0 Å². The molecule has 2 aliphatic carbocycles. The van der Waals surface area contributed by atoms with Gasteiger partial charge in [-0.2, -0.15) is 0 Å². The zero-order valence-corrected chi connectivity index (χ0v) is 10.8. The summed E-state index contributed by atoms with van der Waals surface area (Å²) in [5, 5.41) is 0. The maximum atomic E-state index is 6.20. The fourth-order valence-electron chi connectivity index (χ4n) is 3.44. The molecule has 0 spiro atoms. The van der Waals surface area contributed by atoms with Crippen LogP contribution in [0.5, 0.6) is 0 Å². The van der Waals surface area contributed by atoms with Crippen LogP contribution in [0.4, 0.5) is 0 Å². The third-order valence-electron chi connectivity index (χ3n) is 4.33.